The summed E-state index contributed by atoms with van der Waals surface area (Å²) in [6.07, 6.45) is 1.12. The van der Waals surface area contributed by atoms with Crippen LogP contribution in [0.4, 0.5) is 0 Å². The fourth-order valence-electron chi connectivity index (χ4n) is 2.25. The lowest BCUT2D eigenvalue weighted by Gasteiger charge is -2.18. The highest BCUT2D eigenvalue weighted by Crippen LogP contribution is 2.32. The first-order valence-electron chi connectivity index (χ1n) is 7.38. The summed E-state index contributed by atoms with van der Waals surface area (Å²) in [5.74, 6) is 1.81. The summed E-state index contributed by atoms with van der Waals surface area (Å²) in [6.45, 7) is 7.41. The summed E-state index contributed by atoms with van der Waals surface area (Å²) >= 11 is 3.48. The van der Waals surface area contributed by atoms with Gasteiger partial charge in [0.1, 0.15) is 11.5 Å². The maximum absolute atomic E-state index is 6.14. The summed E-state index contributed by atoms with van der Waals surface area (Å²) in [5, 5.41) is 3.51. The Bertz CT molecular complexity index is 598. The predicted octanol–water partition coefficient (Wildman–Crippen LogP) is 5.61. The zero-order chi connectivity index (χ0) is 15.2. The number of hydrogen-bond acceptors (Lipinski definition) is 2. The molecule has 1 N–H and O–H groups in total. The molecule has 2 aromatic rings. The molecule has 0 aliphatic rings. The minimum absolute atomic E-state index is 0.275. The summed E-state index contributed by atoms with van der Waals surface area (Å²) in [5.41, 5.74) is 2.31. The monoisotopic (exact) mass is 347 g/mol. The van der Waals surface area contributed by atoms with Gasteiger partial charge in [-0.25, -0.2) is 0 Å². The van der Waals surface area contributed by atoms with E-state index in [-0.39, 0.29) is 6.04 Å². The van der Waals surface area contributed by atoms with E-state index in [4.69, 9.17) is 4.74 Å². The number of aryl methyl sites for hydroxylation is 1. The van der Waals surface area contributed by atoms with Gasteiger partial charge in [-0.1, -0.05) is 41.1 Å². The molecule has 1 atom stereocenters. The highest BCUT2D eigenvalue weighted by molar-refractivity contribution is 9.10. The first-order chi connectivity index (χ1) is 10.1. The molecule has 21 heavy (non-hydrogen) atoms. The van der Waals surface area contributed by atoms with Gasteiger partial charge in [-0.15, -0.1) is 0 Å². The molecule has 0 spiro atoms. The average Bonchev–Trinajstić information content (AvgIpc) is 2.48. The molecule has 0 saturated heterocycles. The second kappa shape index (κ2) is 7.62. The van der Waals surface area contributed by atoms with E-state index in [1.165, 1.54) is 5.56 Å². The van der Waals surface area contributed by atoms with Crippen molar-refractivity contribution in [2.45, 2.75) is 33.2 Å². The molecule has 2 nitrogen and oxygen atoms in total. The van der Waals surface area contributed by atoms with Crippen molar-refractivity contribution in [1.82, 2.24) is 5.32 Å². The Morgan fingerprint density at radius 1 is 1.14 bits per heavy atom. The van der Waals surface area contributed by atoms with E-state index >= 15 is 0 Å². The number of ether oxygens (including phenoxy) is 1. The molecule has 0 fully saturated rings. The van der Waals surface area contributed by atoms with Crippen LogP contribution in [-0.2, 0) is 0 Å². The van der Waals surface area contributed by atoms with Crippen molar-refractivity contribution in [3.05, 3.63) is 58.1 Å². The van der Waals surface area contributed by atoms with Gasteiger partial charge >= 0.3 is 0 Å². The number of hydrogen-bond donors (Lipinski definition) is 1. The zero-order valence-corrected chi connectivity index (χ0v) is 14.4. The maximum Gasteiger partial charge on any atom is 0.132 e. The standard InChI is InChI=1S/C18H22BrNO/c1-4-11-20-14(3)16-7-5-6-8-18(16)21-17-10-9-15(19)12-13(17)2/h5-10,12,14,20H,4,11H2,1-3H3. The Kier molecular flexibility index (Phi) is 5.83. The van der Waals surface area contributed by atoms with Crippen LogP contribution < -0.4 is 10.1 Å². The van der Waals surface area contributed by atoms with E-state index in [0.717, 1.165) is 34.5 Å². The fourth-order valence-corrected chi connectivity index (χ4v) is 2.72. The molecule has 0 aromatic heterocycles. The van der Waals surface area contributed by atoms with E-state index in [2.05, 4.69) is 60.2 Å². The molecule has 0 bridgehead atoms. The van der Waals surface area contributed by atoms with Gasteiger partial charge in [-0.3, -0.25) is 0 Å². The molecule has 112 valence electrons. The van der Waals surface area contributed by atoms with Gasteiger partial charge < -0.3 is 10.1 Å². The molecule has 0 amide bonds. The Balaban J connectivity index is 2.23. The Morgan fingerprint density at radius 3 is 2.62 bits per heavy atom. The summed E-state index contributed by atoms with van der Waals surface area (Å²) in [7, 11) is 0. The second-order valence-corrected chi connectivity index (χ2v) is 6.14. The van der Waals surface area contributed by atoms with E-state index in [1.807, 2.05) is 24.3 Å². The van der Waals surface area contributed by atoms with Crippen molar-refractivity contribution in [2.75, 3.05) is 6.54 Å². The number of nitrogens with one attached hydrogen (secondary N) is 1. The maximum atomic E-state index is 6.14. The molecule has 0 aliphatic carbocycles. The highest BCUT2D eigenvalue weighted by Gasteiger charge is 2.12. The molecule has 0 saturated carbocycles. The van der Waals surface area contributed by atoms with Gasteiger partial charge in [0.05, 0.1) is 0 Å². The fraction of sp³-hybridized carbons (Fsp3) is 0.333. The Hall–Kier alpha value is -1.32. The van der Waals surface area contributed by atoms with Gasteiger partial charge in [-0.2, -0.15) is 0 Å². The van der Waals surface area contributed by atoms with Gasteiger partial charge in [0.2, 0.25) is 0 Å². The third-order valence-electron chi connectivity index (χ3n) is 3.44. The second-order valence-electron chi connectivity index (χ2n) is 5.23. The van der Waals surface area contributed by atoms with Crippen LogP contribution in [0.1, 0.15) is 37.4 Å². The first kappa shape index (κ1) is 16.1. The summed E-state index contributed by atoms with van der Waals surface area (Å²) in [6, 6.07) is 14.6. The van der Waals surface area contributed by atoms with Crippen LogP contribution >= 0.6 is 15.9 Å². The summed E-state index contributed by atoms with van der Waals surface area (Å²) in [4.78, 5) is 0. The lowest BCUT2D eigenvalue weighted by atomic mass is 10.1. The van der Waals surface area contributed by atoms with Gasteiger partial charge in [0.15, 0.2) is 0 Å². The van der Waals surface area contributed by atoms with Crippen LogP contribution in [0.25, 0.3) is 0 Å². The smallest absolute Gasteiger partial charge is 0.132 e. The van der Waals surface area contributed by atoms with E-state index in [1.54, 1.807) is 0 Å². The van der Waals surface area contributed by atoms with Crippen molar-refractivity contribution in [1.29, 1.82) is 0 Å². The minimum atomic E-state index is 0.275. The molecule has 1 unspecified atom stereocenters. The molecule has 0 aliphatic heterocycles. The molecular weight excluding hydrogens is 326 g/mol. The van der Waals surface area contributed by atoms with Crippen LogP contribution in [0, 0.1) is 6.92 Å². The topological polar surface area (TPSA) is 21.3 Å². The number of halogens is 1. The van der Waals surface area contributed by atoms with Crippen LogP contribution in [0.15, 0.2) is 46.9 Å². The van der Waals surface area contributed by atoms with E-state index in [0.29, 0.717) is 0 Å². The van der Waals surface area contributed by atoms with Gasteiger partial charge in [0, 0.05) is 16.1 Å². The molecule has 0 heterocycles. The molecule has 3 heteroatoms. The lowest BCUT2D eigenvalue weighted by molar-refractivity contribution is 0.458. The SMILES string of the molecule is CCCNC(C)c1ccccc1Oc1ccc(Br)cc1C. The van der Waals surface area contributed by atoms with E-state index < -0.39 is 0 Å². The zero-order valence-electron chi connectivity index (χ0n) is 12.8. The van der Waals surface area contributed by atoms with E-state index in [9.17, 15) is 0 Å². The number of para-hydroxylation sites is 1. The Labute approximate surface area is 135 Å². The van der Waals surface area contributed by atoms with Crippen LogP contribution in [0.3, 0.4) is 0 Å². The average molecular weight is 348 g/mol. The van der Waals surface area contributed by atoms with Crippen molar-refractivity contribution >= 4 is 15.9 Å². The highest BCUT2D eigenvalue weighted by atomic mass is 79.9. The molecule has 2 aromatic carbocycles. The lowest BCUT2D eigenvalue weighted by Crippen LogP contribution is -2.19. The third kappa shape index (κ3) is 4.32. The number of benzene rings is 2. The normalized spacial score (nSPS) is 12.2. The third-order valence-corrected chi connectivity index (χ3v) is 3.94. The van der Waals surface area contributed by atoms with Crippen molar-refractivity contribution in [3.8, 4) is 11.5 Å². The van der Waals surface area contributed by atoms with Crippen molar-refractivity contribution in [3.63, 3.8) is 0 Å². The molecule has 2 rings (SSSR count). The van der Waals surface area contributed by atoms with Gasteiger partial charge in [-0.05, 0) is 56.6 Å². The van der Waals surface area contributed by atoms with Crippen LogP contribution in [0.5, 0.6) is 11.5 Å². The van der Waals surface area contributed by atoms with Gasteiger partial charge in [0.25, 0.3) is 0 Å². The molecular formula is C18H22BrNO. The van der Waals surface area contributed by atoms with Crippen LogP contribution in [-0.4, -0.2) is 6.54 Å². The largest absolute Gasteiger partial charge is 0.457 e. The summed E-state index contributed by atoms with van der Waals surface area (Å²) < 4.78 is 7.20. The van der Waals surface area contributed by atoms with Crippen molar-refractivity contribution in [2.24, 2.45) is 0 Å². The Morgan fingerprint density at radius 2 is 1.90 bits per heavy atom. The predicted molar refractivity (Wildman–Crippen MR) is 92.1 cm³/mol. The van der Waals surface area contributed by atoms with Crippen LogP contribution in [0.2, 0.25) is 0 Å². The quantitative estimate of drug-likeness (QED) is 0.733. The molecule has 0 radical (unpaired) electrons. The van der Waals surface area contributed by atoms with Crippen molar-refractivity contribution < 1.29 is 4.74 Å². The minimum Gasteiger partial charge on any atom is -0.457 e. The first-order valence-corrected chi connectivity index (χ1v) is 8.17. The number of rotatable bonds is 6.